The van der Waals surface area contributed by atoms with E-state index >= 15 is 0 Å². The van der Waals surface area contributed by atoms with Crippen molar-refractivity contribution in [3.8, 4) is 0 Å². The predicted octanol–water partition coefficient (Wildman–Crippen LogP) is -0.323. The summed E-state index contributed by atoms with van der Waals surface area (Å²) in [5.74, 6) is 2.49. The molecule has 8 nitrogen and oxygen atoms in total. The highest BCUT2D eigenvalue weighted by molar-refractivity contribution is 5.79. The van der Waals surface area contributed by atoms with Crippen molar-refractivity contribution in [1.29, 1.82) is 0 Å². The van der Waals surface area contributed by atoms with Crippen molar-refractivity contribution in [2.45, 2.75) is 13.5 Å². The summed E-state index contributed by atoms with van der Waals surface area (Å²) in [6.07, 6.45) is 1.81. The summed E-state index contributed by atoms with van der Waals surface area (Å²) in [7, 11) is 1.95. The molecule has 2 N–H and O–H groups in total. The summed E-state index contributed by atoms with van der Waals surface area (Å²) < 4.78 is 7.30. The Hall–Kier alpha value is -1.93. The first-order chi connectivity index (χ1) is 11.2. The number of rotatable bonds is 7. The third kappa shape index (κ3) is 5.65. The van der Waals surface area contributed by atoms with E-state index in [-0.39, 0.29) is 0 Å². The van der Waals surface area contributed by atoms with Crippen molar-refractivity contribution in [3.63, 3.8) is 0 Å². The molecule has 23 heavy (non-hydrogen) atoms. The Morgan fingerprint density at radius 3 is 2.78 bits per heavy atom. The number of aryl methyl sites for hydroxylation is 1. The zero-order valence-electron chi connectivity index (χ0n) is 14.1. The van der Waals surface area contributed by atoms with Crippen molar-refractivity contribution in [2.24, 2.45) is 12.0 Å². The van der Waals surface area contributed by atoms with Crippen molar-refractivity contribution in [2.75, 3.05) is 45.9 Å². The summed E-state index contributed by atoms with van der Waals surface area (Å²) >= 11 is 0. The molecule has 0 aliphatic carbocycles. The zero-order valence-corrected chi connectivity index (χ0v) is 14.1. The number of nitrogens with one attached hydrogen (secondary N) is 2. The summed E-state index contributed by atoms with van der Waals surface area (Å²) in [6.45, 7) is 12.2. The quantitative estimate of drug-likeness (QED) is 0.407. The van der Waals surface area contributed by atoms with Crippen LogP contribution < -0.4 is 10.6 Å². The maximum absolute atomic E-state index is 5.36. The van der Waals surface area contributed by atoms with Gasteiger partial charge >= 0.3 is 0 Å². The Bertz CT molecular complexity index is 520. The van der Waals surface area contributed by atoms with Crippen LogP contribution in [0.4, 0.5) is 0 Å². The number of guanidine groups is 1. The van der Waals surface area contributed by atoms with Crippen LogP contribution in [0.15, 0.2) is 17.6 Å². The van der Waals surface area contributed by atoms with E-state index < -0.39 is 0 Å². The highest BCUT2D eigenvalue weighted by Crippen LogP contribution is 1.99. The molecule has 0 spiro atoms. The molecule has 1 aromatic rings. The summed E-state index contributed by atoms with van der Waals surface area (Å²) in [6, 6.07) is 0. The Labute approximate surface area is 137 Å². The molecular weight excluding hydrogens is 294 g/mol. The second-order valence-corrected chi connectivity index (χ2v) is 5.44. The molecule has 8 heteroatoms. The van der Waals surface area contributed by atoms with Gasteiger partial charge in [-0.15, -0.1) is 16.8 Å². The van der Waals surface area contributed by atoms with E-state index in [0.717, 1.165) is 57.0 Å². The van der Waals surface area contributed by atoms with Gasteiger partial charge in [-0.1, -0.05) is 6.08 Å². The van der Waals surface area contributed by atoms with Crippen LogP contribution in [0.2, 0.25) is 0 Å². The normalized spacial score (nSPS) is 16.3. The second-order valence-electron chi connectivity index (χ2n) is 5.44. The fourth-order valence-corrected chi connectivity index (χ4v) is 2.24. The first-order valence-corrected chi connectivity index (χ1v) is 7.98. The maximum atomic E-state index is 5.36. The first kappa shape index (κ1) is 17.4. The predicted molar refractivity (Wildman–Crippen MR) is 90.3 cm³/mol. The van der Waals surface area contributed by atoms with Crippen LogP contribution in [0.3, 0.4) is 0 Å². The fourth-order valence-electron chi connectivity index (χ4n) is 2.24. The fraction of sp³-hybridized carbons (Fsp3) is 0.667. The smallest absolute Gasteiger partial charge is 0.192 e. The Morgan fingerprint density at radius 2 is 2.13 bits per heavy atom. The van der Waals surface area contributed by atoms with Crippen LogP contribution in [-0.4, -0.2) is 71.6 Å². The minimum absolute atomic E-state index is 0.487. The molecule has 0 aromatic carbocycles. The van der Waals surface area contributed by atoms with E-state index in [2.05, 4.69) is 37.3 Å². The molecule has 1 aromatic heterocycles. The van der Waals surface area contributed by atoms with Gasteiger partial charge in [0.2, 0.25) is 0 Å². The van der Waals surface area contributed by atoms with Crippen molar-refractivity contribution >= 4 is 5.96 Å². The van der Waals surface area contributed by atoms with Crippen LogP contribution >= 0.6 is 0 Å². The van der Waals surface area contributed by atoms with E-state index in [1.165, 1.54) is 0 Å². The molecule has 0 atom stereocenters. The SMILES string of the molecule is C=CCNC(=NCc1nnc(C)n1C)NCCN1CCOCC1. The summed E-state index contributed by atoms with van der Waals surface area (Å²) in [5, 5.41) is 14.8. The van der Waals surface area contributed by atoms with Crippen molar-refractivity contribution < 1.29 is 4.74 Å². The number of nitrogens with zero attached hydrogens (tertiary/aromatic N) is 5. The van der Waals surface area contributed by atoms with Gasteiger partial charge in [-0.05, 0) is 6.92 Å². The third-order valence-corrected chi connectivity index (χ3v) is 3.80. The molecule has 0 amide bonds. The van der Waals surface area contributed by atoms with E-state index in [9.17, 15) is 0 Å². The number of hydrogen-bond acceptors (Lipinski definition) is 5. The number of aliphatic imine (C=N–C) groups is 1. The Morgan fingerprint density at radius 1 is 1.35 bits per heavy atom. The minimum Gasteiger partial charge on any atom is -0.379 e. The van der Waals surface area contributed by atoms with Crippen LogP contribution in [0.1, 0.15) is 11.6 Å². The van der Waals surface area contributed by atoms with Crippen LogP contribution in [0.25, 0.3) is 0 Å². The van der Waals surface area contributed by atoms with Crippen LogP contribution in [0, 0.1) is 6.92 Å². The van der Waals surface area contributed by atoms with Gasteiger partial charge in [0, 0.05) is 39.8 Å². The number of morpholine rings is 1. The average molecular weight is 321 g/mol. The number of hydrogen-bond donors (Lipinski definition) is 2. The lowest BCUT2D eigenvalue weighted by Crippen LogP contribution is -2.44. The molecule has 2 rings (SSSR count). The topological polar surface area (TPSA) is 79.6 Å². The number of ether oxygens (including phenoxy) is 1. The van der Waals surface area contributed by atoms with Crippen molar-refractivity contribution in [1.82, 2.24) is 30.3 Å². The maximum Gasteiger partial charge on any atom is 0.192 e. The largest absolute Gasteiger partial charge is 0.379 e. The molecular formula is C15H27N7O. The molecule has 1 fully saturated rings. The van der Waals surface area contributed by atoms with E-state index in [0.29, 0.717) is 13.1 Å². The minimum atomic E-state index is 0.487. The first-order valence-electron chi connectivity index (χ1n) is 7.98. The Balaban J connectivity index is 1.83. The van der Waals surface area contributed by atoms with E-state index in [1.807, 2.05) is 24.6 Å². The average Bonchev–Trinajstić information content (AvgIpc) is 2.89. The highest BCUT2D eigenvalue weighted by atomic mass is 16.5. The van der Waals surface area contributed by atoms with E-state index in [1.54, 1.807) is 0 Å². The third-order valence-electron chi connectivity index (χ3n) is 3.80. The molecule has 2 heterocycles. The Kier molecular flexibility index (Phi) is 7.02. The monoisotopic (exact) mass is 321 g/mol. The van der Waals surface area contributed by atoms with Gasteiger partial charge in [-0.3, -0.25) is 4.90 Å². The van der Waals surface area contributed by atoms with Gasteiger partial charge < -0.3 is 19.9 Å². The van der Waals surface area contributed by atoms with E-state index in [4.69, 9.17) is 4.74 Å². The van der Waals surface area contributed by atoms with Crippen molar-refractivity contribution in [3.05, 3.63) is 24.3 Å². The standard InChI is InChI=1S/C15H27N7O/c1-4-5-16-15(17-6-7-22-8-10-23-11-9-22)18-12-14-20-19-13(2)21(14)3/h4H,1,5-12H2,2-3H3,(H2,16,17,18). The van der Waals surface area contributed by atoms with Gasteiger partial charge in [0.15, 0.2) is 11.8 Å². The van der Waals surface area contributed by atoms with Gasteiger partial charge in [0.1, 0.15) is 12.4 Å². The molecule has 1 saturated heterocycles. The lowest BCUT2D eigenvalue weighted by molar-refractivity contribution is 0.0389. The molecule has 0 saturated carbocycles. The van der Waals surface area contributed by atoms with Gasteiger partial charge in [0.05, 0.1) is 13.2 Å². The summed E-state index contributed by atoms with van der Waals surface area (Å²) in [4.78, 5) is 6.95. The number of aromatic nitrogens is 3. The lowest BCUT2D eigenvalue weighted by atomic mass is 10.4. The van der Waals surface area contributed by atoms with Gasteiger partial charge in [-0.25, -0.2) is 4.99 Å². The molecule has 0 radical (unpaired) electrons. The zero-order chi connectivity index (χ0) is 16.5. The molecule has 128 valence electrons. The molecule has 0 unspecified atom stereocenters. The van der Waals surface area contributed by atoms with Gasteiger partial charge in [0.25, 0.3) is 0 Å². The molecule has 0 bridgehead atoms. The lowest BCUT2D eigenvalue weighted by Gasteiger charge is -2.26. The van der Waals surface area contributed by atoms with Gasteiger partial charge in [-0.2, -0.15) is 0 Å². The molecule has 1 aliphatic heterocycles. The molecule has 1 aliphatic rings. The van der Waals surface area contributed by atoms with Crippen LogP contribution in [0.5, 0.6) is 0 Å². The highest BCUT2D eigenvalue weighted by Gasteiger charge is 2.10. The van der Waals surface area contributed by atoms with Crippen LogP contribution in [-0.2, 0) is 18.3 Å². The second kappa shape index (κ2) is 9.26. The summed E-state index contributed by atoms with van der Waals surface area (Å²) in [5.41, 5.74) is 0.